The summed E-state index contributed by atoms with van der Waals surface area (Å²) in [6, 6.07) is 17.2. The minimum atomic E-state index is 0.271. The van der Waals surface area contributed by atoms with Crippen LogP contribution in [0.4, 0.5) is 11.5 Å². The van der Waals surface area contributed by atoms with Crippen molar-refractivity contribution in [2.75, 3.05) is 5.32 Å². The highest BCUT2D eigenvalue weighted by atomic mass is 16.3. The summed E-state index contributed by atoms with van der Waals surface area (Å²) in [5.41, 5.74) is 2.04. The summed E-state index contributed by atoms with van der Waals surface area (Å²) in [5, 5.41) is 13.6. The summed E-state index contributed by atoms with van der Waals surface area (Å²) in [5.74, 6) is 1.21. The molecule has 84 valence electrons. The third-order valence-electron chi connectivity index (χ3n) is 2.68. The molecule has 0 radical (unpaired) electrons. The quantitative estimate of drug-likeness (QED) is 0.582. The number of benzene rings is 2. The minimum Gasteiger partial charge on any atom is -0.508 e. The monoisotopic (exact) mass is 224 g/mol. The van der Waals surface area contributed by atoms with Gasteiger partial charge in [-0.3, -0.25) is 0 Å². The fraction of sp³-hybridized carbons (Fsp3) is 0. The average Bonchev–Trinajstić information content (AvgIpc) is 2.74. The van der Waals surface area contributed by atoms with Gasteiger partial charge in [-0.15, -0.1) is 0 Å². The van der Waals surface area contributed by atoms with Crippen LogP contribution in [0.15, 0.2) is 54.6 Å². The van der Waals surface area contributed by atoms with Gasteiger partial charge in [0.2, 0.25) is 0 Å². The summed E-state index contributed by atoms with van der Waals surface area (Å²) in [7, 11) is 0. The zero-order chi connectivity index (χ0) is 11.7. The molecular weight excluding hydrogens is 212 g/mol. The number of fused-ring (bicyclic) bond motifs is 1. The molecule has 3 N–H and O–H groups in total. The van der Waals surface area contributed by atoms with E-state index in [1.54, 1.807) is 12.1 Å². The van der Waals surface area contributed by atoms with Gasteiger partial charge in [-0.25, -0.2) is 0 Å². The van der Waals surface area contributed by atoms with E-state index in [0.717, 1.165) is 17.0 Å². The van der Waals surface area contributed by atoms with E-state index in [2.05, 4.69) is 22.4 Å². The highest BCUT2D eigenvalue weighted by molar-refractivity contribution is 5.84. The lowest BCUT2D eigenvalue weighted by Crippen LogP contribution is -1.88. The molecule has 0 bridgehead atoms. The topological polar surface area (TPSA) is 48.0 Å². The number of phenols is 1. The van der Waals surface area contributed by atoms with Crippen molar-refractivity contribution in [2.24, 2.45) is 0 Å². The number of aromatic nitrogens is 1. The predicted octanol–water partition coefficient (Wildman–Crippen LogP) is 3.62. The number of para-hydroxylation sites is 1. The first-order valence-corrected chi connectivity index (χ1v) is 5.45. The van der Waals surface area contributed by atoms with Crippen LogP contribution < -0.4 is 5.32 Å². The van der Waals surface area contributed by atoms with E-state index in [-0.39, 0.29) is 5.75 Å². The maximum atomic E-state index is 9.20. The van der Waals surface area contributed by atoms with Gasteiger partial charge < -0.3 is 15.4 Å². The van der Waals surface area contributed by atoms with Crippen molar-refractivity contribution in [2.45, 2.75) is 0 Å². The number of aromatic amines is 1. The molecule has 3 nitrogen and oxygen atoms in total. The highest BCUT2D eigenvalue weighted by Gasteiger charge is 2.00. The summed E-state index contributed by atoms with van der Waals surface area (Å²) in [6.07, 6.45) is 0. The summed E-state index contributed by atoms with van der Waals surface area (Å²) >= 11 is 0. The molecule has 0 amide bonds. The van der Waals surface area contributed by atoms with Crippen LogP contribution in [0.5, 0.6) is 5.75 Å². The molecule has 1 heterocycles. The van der Waals surface area contributed by atoms with Crippen LogP contribution in [-0.2, 0) is 0 Å². The molecule has 0 aliphatic heterocycles. The van der Waals surface area contributed by atoms with E-state index >= 15 is 0 Å². The summed E-state index contributed by atoms with van der Waals surface area (Å²) < 4.78 is 0. The SMILES string of the molecule is Oc1ccc(Nc2cc3ccccc3[nH]2)cc1. The lowest BCUT2D eigenvalue weighted by Gasteiger charge is -2.03. The maximum Gasteiger partial charge on any atom is 0.115 e. The van der Waals surface area contributed by atoms with Crippen molar-refractivity contribution < 1.29 is 5.11 Å². The Bertz CT molecular complexity index is 608. The van der Waals surface area contributed by atoms with E-state index in [1.807, 2.05) is 30.3 Å². The second-order valence-electron chi connectivity index (χ2n) is 3.94. The highest BCUT2D eigenvalue weighted by Crippen LogP contribution is 2.22. The first-order valence-electron chi connectivity index (χ1n) is 5.45. The largest absolute Gasteiger partial charge is 0.508 e. The number of nitrogens with one attached hydrogen (secondary N) is 2. The van der Waals surface area contributed by atoms with Gasteiger partial charge in [-0.2, -0.15) is 0 Å². The lowest BCUT2D eigenvalue weighted by molar-refractivity contribution is 0.475. The van der Waals surface area contributed by atoms with Crippen LogP contribution in [0, 0.1) is 0 Å². The normalized spacial score (nSPS) is 10.6. The van der Waals surface area contributed by atoms with E-state index in [4.69, 9.17) is 0 Å². The Kier molecular flexibility index (Phi) is 2.22. The molecule has 3 aromatic rings. The van der Waals surface area contributed by atoms with Crippen LogP contribution >= 0.6 is 0 Å². The zero-order valence-corrected chi connectivity index (χ0v) is 9.14. The van der Waals surface area contributed by atoms with Gasteiger partial charge in [-0.05, 0) is 36.4 Å². The second-order valence-corrected chi connectivity index (χ2v) is 3.94. The Morgan fingerprint density at radius 1 is 0.941 bits per heavy atom. The maximum absolute atomic E-state index is 9.20. The van der Waals surface area contributed by atoms with Gasteiger partial charge in [0.15, 0.2) is 0 Å². The first-order chi connectivity index (χ1) is 8.31. The van der Waals surface area contributed by atoms with Gasteiger partial charge in [0.05, 0.1) is 0 Å². The molecule has 0 unspecified atom stereocenters. The fourth-order valence-corrected chi connectivity index (χ4v) is 1.84. The zero-order valence-electron chi connectivity index (χ0n) is 9.14. The molecule has 0 aliphatic rings. The van der Waals surface area contributed by atoms with Crippen LogP contribution in [-0.4, -0.2) is 10.1 Å². The molecule has 0 aliphatic carbocycles. The molecule has 0 saturated heterocycles. The van der Waals surface area contributed by atoms with Gasteiger partial charge in [0.1, 0.15) is 11.6 Å². The van der Waals surface area contributed by atoms with Gasteiger partial charge >= 0.3 is 0 Å². The molecule has 0 saturated carbocycles. The number of H-pyrrole nitrogens is 1. The van der Waals surface area contributed by atoms with E-state index in [9.17, 15) is 5.11 Å². The molecule has 0 fully saturated rings. The number of phenolic OH excluding ortho intramolecular Hbond substituents is 1. The second kappa shape index (κ2) is 3.87. The molecule has 17 heavy (non-hydrogen) atoms. The Hall–Kier alpha value is -2.42. The van der Waals surface area contributed by atoms with Crippen molar-refractivity contribution in [3.63, 3.8) is 0 Å². The average molecular weight is 224 g/mol. The van der Waals surface area contributed by atoms with E-state index in [0.29, 0.717) is 0 Å². The molecule has 3 rings (SSSR count). The van der Waals surface area contributed by atoms with Gasteiger partial charge in [-0.1, -0.05) is 18.2 Å². The lowest BCUT2D eigenvalue weighted by atomic mass is 10.2. The van der Waals surface area contributed by atoms with Crippen molar-refractivity contribution in [1.82, 2.24) is 4.98 Å². The van der Waals surface area contributed by atoms with E-state index in [1.165, 1.54) is 5.39 Å². The number of hydrogen-bond donors (Lipinski definition) is 3. The van der Waals surface area contributed by atoms with Crippen molar-refractivity contribution in [3.8, 4) is 5.75 Å². The third kappa shape index (κ3) is 1.95. The molecular formula is C14H12N2O. The minimum absolute atomic E-state index is 0.271. The van der Waals surface area contributed by atoms with Crippen molar-refractivity contribution in [3.05, 3.63) is 54.6 Å². The predicted molar refractivity (Wildman–Crippen MR) is 69.7 cm³/mol. The fourth-order valence-electron chi connectivity index (χ4n) is 1.84. The number of anilines is 2. The van der Waals surface area contributed by atoms with Gasteiger partial charge in [0, 0.05) is 16.6 Å². The number of hydrogen-bond acceptors (Lipinski definition) is 2. The van der Waals surface area contributed by atoms with Crippen molar-refractivity contribution in [1.29, 1.82) is 0 Å². The molecule has 3 heteroatoms. The standard InChI is InChI=1S/C14H12N2O/c17-12-7-5-11(6-8-12)15-14-9-10-3-1-2-4-13(10)16-14/h1-9,15-17H. The van der Waals surface area contributed by atoms with Gasteiger partial charge in [0.25, 0.3) is 0 Å². The van der Waals surface area contributed by atoms with Crippen LogP contribution in [0.2, 0.25) is 0 Å². The van der Waals surface area contributed by atoms with Crippen LogP contribution in [0.3, 0.4) is 0 Å². The Labute approximate surface area is 98.7 Å². The Morgan fingerprint density at radius 2 is 1.71 bits per heavy atom. The molecule has 0 atom stereocenters. The van der Waals surface area contributed by atoms with Crippen LogP contribution in [0.25, 0.3) is 10.9 Å². The number of rotatable bonds is 2. The van der Waals surface area contributed by atoms with Crippen LogP contribution in [0.1, 0.15) is 0 Å². The first kappa shape index (κ1) is 9.78. The Balaban J connectivity index is 1.92. The van der Waals surface area contributed by atoms with Crippen molar-refractivity contribution >= 4 is 22.4 Å². The van der Waals surface area contributed by atoms with E-state index < -0.39 is 0 Å². The molecule has 2 aromatic carbocycles. The summed E-state index contributed by atoms with van der Waals surface area (Å²) in [4.78, 5) is 3.29. The molecule has 1 aromatic heterocycles. The smallest absolute Gasteiger partial charge is 0.115 e. The molecule has 0 spiro atoms. The Morgan fingerprint density at radius 3 is 2.47 bits per heavy atom. The summed E-state index contributed by atoms with van der Waals surface area (Å²) in [6.45, 7) is 0. The number of aromatic hydroxyl groups is 1. The third-order valence-corrected chi connectivity index (χ3v) is 2.68.